The highest BCUT2D eigenvalue weighted by Crippen LogP contribution is 2.39. The molecule has 2 nitrogen and oxygen atoms in total. The summed E-state index contributed by atoms with van der Waals surface area (Å²) in [6, 6.07) is 31.2. The molecule has 0 saturated carbocycles. The molecule has 29 heavy (non-hydrogen) atoms. The van der Waals surface area contributed by atoms with Crippen molar-refractivity contribution in [2.75, 3.05) is 14.1 Å². The number of benzene rings is 3. The monoisotopic (exact) mass is 385 g/mol. The molecule has 0 unspecified atom stereocenters. The van der Waals surface area contributed by atoms with Crippen LogP contribution >= 0.6 is 0 Å². The Balaban J connectivity index is 2.06. The predicted octanol–water partition coefficient (Wildman–Crippen LogP) is 5.51. The van der Waals surface area contributed by atoms with Crippen LogP contribution < -0.4 is 0 Å². The Labute approximate surface area is 175 Å². The molecule has 0 aromatic heterocycles. The molecule has 0 spiro atoms. The maximum Gasteiger partial charge on any atom is 0.148 e. The molecule has 3 aromatic carbocycles. The van der Waals surface area contributed by atoms with Crippen molar-refractivity contribution in [2.24, 2.45) is 0 Å². The Morgan fingerprint density at radius 3 is 1.69 bits per heavy atom. The van der Waals surface area contributed by atoms with E-state index in [-0.39, 0.29) is 11.8 Å². The van der Waals surface area contributed by atoms with E-state index in [1.807, 2.05) is 54.6 Å². The first-order valence-corrected chi connectivity index (χ1v) is 10.4. The molecule has 0 heterocycles. The second-order valence-electron chi connectivity index (χ2n) is 8.06. The van der Waals surface area contributed by atoms with E-state index in [0.29, 0.717) is 6.42 Å². The number of Topliss-reactive ketones (excluding diaryl/α,β-unsaturated/α-hetero) is 1. The van der Waals surface area contributed by atoms with E-state index in [1.54, 1.807) is 0 Å². The molecule has 0 amide bonds. The van der Waals surface area contributed by atoms with Crippen molar-refractivity contribution in [2.45, 2.75) is 37.6 Å². The van der Waals surface area contributed by atoms with Crippen LogP contribution in [0.1, 0.15) is 36.5 Å². The van der Waals surface area contributed by atoms with Gasteiger partial charge < -0.3 is 4.90 Å². The number of carbonyl (C=O) groups excluding carboxylic acids is 1. The predicted molar refractivity (Wildman–Crippen MR) is 121 cm³/mol. The van der Waals surface area contributed by atoms with Gasteiger partial charge in [-0.3, -0.25) is 4.79 Å². The summed E-state index contributed by atoms with van der Waals surface area (Å²) in [7, 11) is 4.17. The van der Waals surface area contributed by atoms with Gasteiger partial charge in [0.15, 0.2) is 0 Å². The summed E-state index contributed by atoms with van der Waals surface area (Å²) >= 11 is 0. The van der Waals surface area contributed by atoms with E-state index in [2.05, 4.69) is 62.3 Å². The summed E-state index contributed by atoms with van der Waals surface area (Å²) in [5.41, 5.74) is 2.72. The molecule has 1 atom stereocenters. The number of hydrogen-bond donors (Lipinski definition) is 0. The largest absolute Gasteiger partial charge is 0.307 e. The molecule has 0 fully saturated rings. The lowest BCUT2D eigenvalue weighted by Crippen LogP contribution is -2.43. The van der Waals surface area contributed by atoms with E-state index < -0.39 is 5.41 Å². The Kier molecular flexibility index (Phi) is 7.00. The van der Waals surface area contributed by atoms with Crippen molar-refractivity contribution in [1.82, 2.24) is 4.90 Å². The van der Waals surface area contributed by atoms with Gasteiger partial charge in [0.25, 0.3) is 0 Å². The summed E-state index contributed by atoms with van der Waals surface area (Å²) in [6.07, 6.45) is 2.03. The fraction of sp³-hybridized carbons (Fsp3) is 0.296. The summed E-state index contributed by atoms with van der Waals surface area (Å²) in [4.78, 5) is 16.2. The van der Waals surface area contributed by atoms with E-state index in [1.165, 1.54) is 5.56 Å². The zero-order valence-corrected chi connectivity index (χ0v) is 17.7. The lowest BCUT2D eigenvalue weighted by Gasteiger charge is -2.38. The van der Waals surface area contributed by atoms with Gasteiger partial charge in [-0.15, -0.1) is 0 Å². The maximum absolute atomic E-state index is 14.0. The fourth-order valence-corrected chi connectivity index (χ4v) is 4.03. The minimum atomic E-state index is -0.652. The second kappa shape index (κ2) is 9.67. The average Bonchev–Trinajstić information content (AvgIpc) is 2.77. The van der Waals surface area contributed by atoms with Gasteiger partial charge in [-0.25, -0.2) is 0 Å². The lowest BCUT2D eigenvalue weighted by molar-refractivity contribution is -0.123. The van der Waals surface area contributed by atoms with Crippen molar-refractivity contribution in [3.8, 4) is 0 Å². The van der Waals surface area contributed by atoms with E-state index in [4.69, 9.17) is 0 Å². The highest BCUT2D eigenvalue weighted by Gasteiger charge is 2.42. The molecule has 0 aliphatic rings. The second-order valence-corrected chi connectivity index (χ2v) is 8.06. The van der Waals surface area contributed by atoms with Crippen LogP contribution in [-0.4, -0.2) is 30.8 Å². The summed E-state index contributed by atoms with van der Waals surface area (Å²) < 4.78 is 0. The van der Waals surface area contributed by atoms with Gasteiger partial charge in [0.2, 0.25) is 0 Å². The molecular formula is C27H31NO. The van der Waals surface area contributed by atoms with Crippen LogP contribution in [0.15, 0.2) is 91.0 Å². The Hall–Kier alpha value is -2.71. The quantitative estimate of drug-likeness (QED) is 0.484. The van der Waals surface area contributed by atoms with Crippen molar-refractivity contribution in [3.05, 3.63) is 108 Å². The van der Waals surface area contributed by atoms with Gasteiger partial charge in [-0.1, -0.05) is 91.0 Å². The molecule has 0 saturated heterocycles. The van der Waals surface area contributed by atoms with Crippen LogP contribution in [0, 0.1) is 0 Å². The summed E-state index contributed by atoms with van der Waals surface area (Å²) in [6.45, 7) is 2.20. The molecule has 0 bridgehead atoms. The highest BCUT2D eigenvalue weighted by molar-refractivity contribution is 5.94. The number of aryl methyl sites for hydroxylation is 1. The zero-order chi connectivity index (χ0) is 20.7. The number of ketones is 1. The van der Waals surface area contributed by atoms with Crippen LogP contribution in [0.2, 0.25) is 0 Å². The molecule has 150 valence electrons. The summed E-state index contributed by atoms with van der Waals surface area (Å²) in [5, 5.41) is 0. The molecule has 0 aliphatic carbocycles. The highest BCUT2D eigenvalue weighted by atomic mass is 16.1. The van der Waals surface area contributed by atoms with Gasteiger partial charge in [-0.2, -0.15) is 0 Å². The molecule has 0 aliphatic heterocycles. The zero-order valence-electron chi connectivity index (χ0n) is 17.7. The van der Waals surface area contributed by atoms with Crippen LogP contribution in [0.5, 0.6) is 0 Å². The maximum atomic E-state index is 14.0. The van der Waals surface area contributed by atoms with Crippen molar-refractivity contribution in [1.29, 1.82) is 0 Å². The first-order chi connectivity index (χ1) is 14.0. The van der Waals surface area contributed by atoms with Crippen molar-refractivity contribution in [3.63, 3.8) is 0 Å². The van der Waals surface area contributed by atoms with Gasteiger partial charge in [0.1, 0.15) is 5.78 Å². The van der Waals surface area contributed by atoms with E-state index >= 15 is 0 Å². The van der Waals surface area contributed by atoms with Gasteiger partial charge in [0, 0.05) is 12.5 Å². The van der Waals surface area contributed by atoms with E-state index in [9.17, 15) is 4.79 Å². The van der Waals surface area contributed by atoms with Gasteiger partial charge >= 0.3 is 0 Å². The molecular weight excluding hydrogens is 354 g/mol. The average molecular weight is 386 g/mol. The molecule has 3 rings (SSSR count). The van der Waals surface area contributed by atoms with Crippen molar-refractivity contribution >= 4 is 5.78 Å². The third-order valence-electron chi connectivity index (χ3n) is 5.98. The number of hydrogen-bond acceptors (Lipinski definition) is 2. The molecule has 2 heteroatoms. The number of nitrogens with zero attached hydrogens (tertiary/aromatic N) is 1. The normalized spacial score (nSPS) is 12.7. The minimum Gasteiger partial charge on any atom is -0.307 e. The summed E-state index contributed by atoms with van der Waals surface area (Å²) in [5.74, 6) is 0.285. The van der Waals surface area contributed by atoms with Crippen LogP contribution in [0.25, 0.3) is 0 Å². The van der Waals surface area contributed by atoms with Crippen molar-refractivity contribution < 1.29 is 4.79 Å². The Morgan fingerprint density at radius 1 is 0.793 bits per heavy atom. The standard InChI is InChI=1S/C27H31NO/c1-22(28(2)3)21-27(24-15-9-5-10-16-24,25-17-11-6-12-18-25)26(29)20-19-23-13-7-4-8-14-23/h4-18,22H,19-21H2,1-3H3/t22-/m1/s1. The fourth-order valence-electron chi connectivity index (χ4n) is 4.03. The van der Waals surface area contributed by atoms with Gasteiger partial charge in [-0.05, 0) is 50.6 Å². The van der Waals surface area contributed by atoms with Crippen LogP contribution in [-0.2, 0) is 16.6 Å². The SMILES string of the molecule is C[C@H](CC(C(=O)CCc1ccccc1)(c1ccccc1)c1ccccc1)N(C)C. The third kappa shape index (κ3) is 4.83. The van der Waals surface area contributed by atoms with Gasteiger partial charge in [0.05, 0.1) is 5.41 Å². The first-order valence-electron chi connectivity index (χ1n) is 10.4. The minimum absolute atomic E-state index is 0.260. The third-order valence-corrected chi connectivity index (χ3v) is 5.98. The number of rotatable bonds is 9. The molecule has 0 N–H and O–H groups in total. The Morgan fingerprint density at radius 2 is 1.24 bits per heavy atom. The van der Waals surface area contributed by atoms with Crippen LogP contribution in [0.4, 0.5) is 0 Å². The first kappa shape index (κ1) is 21.0. The smallest absolute Gasteiger partial charge is 0.148 e. The topological polar surface area (TPSA) is 20.3 Å². The van der Waals surface area contributed by atoms with Crippen LogP contribution in [0.3, 0.4) is 0 Å². The molecule has 0 radical (unpaired) electrons. The lowest BCUT2D eigenvalue weighted by atomic mass is 9.66. The Bertz CT molecular complexity index is 848. The number of carbonyl (C=O) groups is 1. The van der Waals surface area contributed by atoms with E-state index in [0.717, 1.165) is 24.0 Å². The molecule has 3 aromatic rings.